The van der Waals surface area contributed by atoms with Crippen LogP contribution < -0.4 is 15.6 Å². The molecule has 0 spiro atoms. The number of benzene rings is 1. The summed E-state index contributed by atoms with van der Waals surface area (Å²) in [4.78, 5) is 30.9. The average Bonchev–Trinajstić information content (AvgIpc) is 2.84. The minimum absolute atomic E-state index is 0.0421. The van der Waals surface area contributed by atoms with E-state index in [4.69, 9.17) is 4.74 Å². The number of carbonyl (C=O) groups is 1. The van der Waals surface area contributed by atoms with Crippen molar-refractivity contribution in [3.63, 3.8) is 0 Å². The first-order valence-electron chi connectivity index (χ1n) is 12.1. The van der Waals surface area contributed by atoms with Crippen molar-refractivity contribution in [1.82, 2.24) is 14.7 Å². The topological polar surface area (TPSA) is 96.5 Å². The molecule has 0 atom stereocenters. The number of amides is 1. The lowest BCUT2D eigenvalue weighted by Gasteiger charge is -2.22. The average molecular weight is 471 g/mol. The van der Waals surface area contributed by atoms with Crippen LogP contribution in [0.4, 0.5) is 0 Å². The van der Waals surface area contributed by atoms with Gasteiger partial charge in [0.1, 0.15) is 28.6 Å². The summed E-state index contributed by atoms with van der Waals surface area (Å²) in [6.07, 6.45) is 7.96. The Morgan fingerprint density at radius 2 is 2.00 bits per heavy atom. The first-order valence-corrected chi connectivity index (χ1v) is 12.1. The zero-order chi connectivity index (χ0) is 24.9. The third-order valence-electron chi connectivity index (χ3n) is 6.33. The molecule has 1 saturated carbocycles. The van der Waals surface area contributed by atoms with Gasteiger partial charge in [-0.2, -0.15) is 10.2 Å². The van der Waals surface area contributed by atoms with E-state index in [-0.39, 0.29) is 29.0 Å². The number of carbonyl (C=O) groups excluding carboxylic acids is 1. The molecule has 0 unspecified atom stereocenters. The third kappa shape index (κ3) is 5.43. The summed E-state index contributed by atoms with van der Waals surface area (Å²) in [5, 5.41) is 12.7. The summed E-state index contributed by atoms with van der Waals surface area (Å²) in [5.41, 5.74) is 1.87. The minimum Gasteiger partial charge on any atom is -0.438 e. The number of pyridine rings is 1. The Morgan fingerprint density at radius 1 is 1.23 bits per heavy atom. The van der Waals surface area contributed by atoms with Crippen molar-refractivity contribution in [1.29, 1.82) is 5.26 Å². The van der Waals surface area contributed by atoms with Gasteiger partial charge in [-0.15, -0.1) is 0 Å². The van der Waals surface area contributed by atoms with Crippen LogP contribution in [0.2, 0.25) is 0 Å². The number of rotatable bonds is 6. The molecule has 0 radical (unpaired) electrons. The van der Waals surface area contributed by atoms with Gasteiger partial charge in [-0.05, 0) is 61.1 Å². The van der Waals surface area contributed by atoms with Gasteiger partial charge >= 0.3 is 0 Å². The zero-order valence-electron chi connectivity index (χ0n) is 20.4. The van der Waals surface area contributed by atoms with Crippen molar-refractivity contribution < 1.29 is 9.53 Å². The van der Waals surface area contributed by atoms with Gasteiger partial charge in [-0.3, -0.25) is 14.0 Å². The second-order valence-electron chi connectivity index (χ2n) is 9.34. The van der Waals surface area contributed by atoms with Crippen molar-refractivity contribution >= 4 is 17.6 Å². The van der Waals surface area contributed by atoms with E-state index in [2.05, 4.69) is 24.1 Å². The van der Waals surface area contributed by atoms with E-state index in [1.807, 2.05) is 31.2 Å². The van der Waals surface area contributed by atoms with E-state index < -0.39 is 11.5 Å². The van der Waals surface area contributed by atoms with Crippen molar-refractivity contribution in [2.45, 2.75) is 64.8 Å². The molecule has 1 aliphatic rings. The van der Waals surface area contributed by atoms with E-state index >= 15 is 0 Å². The highest BCUT2D eigenvalue weighted by Gasteiger charge is 2.21. The highest BCUT2D eigenvalue weighted by molar-refractivity contribution is 6.02. The zero-order valence-corrected chi connectivity index (χ0v) is 20.4. The second kappa shape index (κ2) is 10.6. The molecule has 4 rings (SSSR count). The van der Waals surface area contributed by atoms with Crippen molar-refractivity contribution in [3.05, 3.63) is 75.2 Å². The molecule has 1 fully saturated rings. The van der Waals surface area contributed by atoms with Crippen LogP contribution >= 0.6 is 0 Å². The number of ether oxygens (including phenoxy) is 1. The molecule has 180 valence electrons. The molecule has 7 nitrogen and oxygen atoms in total. The van der Waals surface area contributed by atoms with E-state index in [1.54, 1.807) is 24.4 Å². The third-order valence-corrected chi connectivity index (χ3v) is 6.33. The monoisotopic (exact) mass is 470 g/mol. The van der Waals surface area contributed by atoms with Crippen LogP contribution in [-0.2, 0) is 4.79 Å². The Morgan fingerprint density at radius 3 is 2.71 bits per heavy atom. The largest absolute Gasteiger partial charge is 0.438 e. The normalized spacial score (nSPS) is 14.7. The number of aromatic nitrogens is 2. The van der Waals surface area contributed by atoms with Gasteiger partial charge in [0.25, 0.3) is 11.5 Å². The lowest BCUT2D eigenvalue weighted by Crippen LogP contribution is -2.36. The van der Waals surface area contributed by atoms with E-state index in [0.29, 0.717) is 11.4 Å². The van der Waals surface area contributed by atoms with Crippen molar-refractivity contribution in [2.75, 3.05) is 0 Å². The van der Waals surface area contributed by atoms with Gasteiger partial charge in [0.05, 0.1) is 0 Å². The van der Waals surface area contributed by atoms with Crippen LogP contribution in [0.3, 0.4) is 0 Å². The highest BCUT2D eigenvalue weighted by Crippen LogP contribution is 2.32. The maximum atomic E-state index is 13.4. The quantitative estimate of drug-likeness (QED) is 0.391. The van der Waals surface area contributed by atoms with Gasteiger partial charge in [-0.25, -0.2) is 0 Å². The summed E-state index contributed by atoms with van der Waals surface area (Å²) < 4.78 is 7.62. The van der Waals surface area contributed by atoms with Crippen LogP contribution in [0.25, 0.3) is 11.7 Å². The minimum atomic E-state index is -0.485. The Kier molecular flexibility index (Phi) is 7.31. The van der Waals surface area contributed by atoms with Crippen LogP contribution in [0.1, 0.15) is 68.6 Å². The number of nitrogens with one attached hydrogen (secondary N) is 1. The highest BCUT2D eigenvalue weighted by atomic mass is 16.5. The lowest BCUT2D eigenvalue weighted by atomic mass is 9.95. The standard InChI is InChI=1S/C28H30N4O3/c1-18(2)22-13-12-19(3)15-24(22)35-27-23(28(34)32-14-8-7-11-25(32)31-27)16-20(17-29)26(33)30-21-9-5-4-6-10-21/h7-8,11-16,18,21H,4-6,9-10H2,1-3H3,(H,30,33)/b20-16+. The van der Waals surface area contributed by atoms with Gasteiger partial charge in [0, 0.05) is 12.2 Å². The molecule has 35 heavy (non-hydrogen) atoms. The number of nitrogens with zero attached hydrogens (tertiary/aromatic N) is 3. The number of nitriles is 1. The first kappa shape index (κ1) is 24.2. The first-order chi connectivity index (χ1) is 16.9. The van der Waals surface area contributed by atoms with E-state index in [0.717, 1.165) is 43.2 Å². The number of hydrogen-bond acceptors (Lipinski definition) is 5. The van der Waals surface area contributed by atoms with Crippen molar-refractivity contribution in [2.24, 2.45) is 0 Å². The number of hydrogen-bond donors (Lipinski definition) is 1. The summed E-state index contributed by atoms with van der Waals surface area (Å²) in [7, 11) is 0. The molecule has 7 heteroatoms. The molecule has 3 aromatic rings. The van der Waals surface area contributed by atoms with Gasteiger partial charge in [0.2, 0.25) is 5.88 Å². The summed E-state index contributed by atoms with van der Waals surface area (Å²) in [6, 6.07) is 13.1. The Bertz CT molecular complexity index is 1380. The van der Waals surface area contributed by atoms with Crippen molar-refractivity contribution in [3.8, 4) is 17.7 Å². The Balaban J connectivity index is 1.81. The molecule has 1 aliphatic carbocycles. The van der Waals surface area contributed by atoms with Gasteiger partial charge in [0.15, 0.2) is 0 Å². The second-order valence-corrected chi connectivity index (χ2v) is 9.34. The fourth-order valence-electron chi connectivity index (χ4n) is 4.40. The molecule has 0 bridgehead atoms. The summed E-state index contributed by atoms with van der Waals surface area (Å²) in [6.45, 7) is 6.08. The van der Waals surface area contributed by atoms with Gasteiger partial charge < -0.3 is 10.1 Å². The molecule has 0 aliphatic heterocycles. The fourth-order valence-corrected chi connectivity index (χ4v) is 4.40. The summed E-state index contributed by atoms with van der Waals surface area (Å²) in [5.74, 6) is 0.349. The van der Waals surface area contributed by atoms with E-state index in [1.165, 1.54) is 10.5 Å². The molecule has 1 aromatic carbocycles. The van der Waals surface area contributed by atoms with Gasteiger partial charge in [-0.1, -0.05) is 51.3 Å². The number of fused-ring (bicyclic) bond motifs is 1. The maximum Gasteiger partial charge on any atom is 0.269 e. The van der Waals surface area contributed by atoms with Crippen LogP contribution in [0, 0.1) is 18.3 Å². The lowest BCUT2D eigenvalue weighted by molar-refractivity contribution is -0.117. The fraction of sp³-hybridized carbons (Fsp3) is 0.357. The van der Waals surface area contributed by atoms with Crippen LogP contribution in [-0.4, -0.2) is 21.3 Å². The Labute approximate surface area is 205 Å². The number of aryl methyl sites for hydroxylation is 1. The van der Waals surface area contributed by atoms with E-state index in [9.17, 15) is 14.9 Å². The van der Waals surface area contributed by atoms with Crippen LogP contribution in [0.5, 0.6) is 11.6 Å². The molecule has 2 aromatic heterocycles. The predicted molar refractivity (Wildman–Crippen MR) is 135 cm³/mol. The maximum absolute atomic E-state index is 13.4. The smallest absolute Gasteiger partial charge is 0.269 e. The molecule has 0 saturated heterocycles. The predicted octanol–water partition coefficient (Wildman–Crippen LogP) is 5.27. The Hall–Kier alpha value is -3.92. The van der Waals surface area contributed by atoms with Crippen LogP contribution in [0.15, 0.2) is 53.0 Å². The molecule has 2 heterocycles. The molecule has 1 amide bonds. The molecular weight excluding hydrogens is 440 g/mol. The SMILES string of the molecule is Cc1ccc(C(C)C)c(Oc2nc3ccccn3c(=O)c2/C=C(\C#N)C(=O)NC2CCCCC2)c1. The summed E-state index contributed by atoms with van der Waals surface area (Å²) >= 11 is 0. The molecular formula is C28H30N4O3. The molecule has 1 N–H and O–H groups in total.